The highest BCUT2D eigenvalue weighted by atomic mass is 35.5. The van der Waals surface area contributed by atoms with Gasteiger partial charge in [-0.25, -0.2) is 0 Å². The van der Waals surface area contributed by atoms with E-state index in [4.69, 9.17) is 22.1 Å². The number of nitrogens with zero attached hydrogens (tertiary/aromatic N) is 1. The molecule has 2 aliphatic rings. The zero-order valence-corrected chi connectivity index (χ0v) is 11.8. The van der Waals surface area contributed by atoms with Crippen molar-refractivity contribution in [3.63, 3.8) is 0 Å². The van der Waals surface area contributed by atoms with Crippen LogP contribution in [0, 0.1) is 11.3 Å². The third-order valence-corrected chi connectivity index (χ3v) is 4.27. The minimum atomic E-state index is -0.155. The number of ether oxygens (including phenoxy) is 1. The van der Waals surface area contributed by atoms with E-state index in [1.165, 1.54) is 0 Å². The van der Waals surface area contributed by atoms with E-state index in [0.717, 1.165) is 42.6 Å². The van der Waals surface area contributed by atoms with Crippen LogP contribution in [-0.2, 0) is 4.74 Å². The third kappa shape index (κ3) is 2.07. The van der Waals surface area contributed by atoms with Crippen molar-refractivity contribution < 1.29 is 4.74 Å². The lowest BCUT2D eigenvalue weighted by Crippen LogP contribution is -2.22. The largest absolute Gasteiger partial charge is 0.445 e. The van der Waals surface area contributed by atoms with Crippen molar-refractivity contribution in [2.75, 3.05) is 0 Å². The van der Waals surface area contributed by atoms with E-state index in [9.17, 15) is 5.26 Å². The molecule has 3 nitrogen and oxygen atoms in total. The standard InChI is InChI=1S/C16H15ClN2O/c17-13-7-3-1-5-10(13)15-11-6-2-4-8-14(11)20-16(19)12(15)9-18/h1,3,5,7,15H,2,4,6,8,19H2/t15-/m0/s1. The van der Waals surface area contributed by atoms with Crippen LogP contribution in [0.5, 0.6) is 0 Å². The number of benzene rings is 1. The van der Waals surface area contributed by atoms with Gasteiger partial charge in [0.2, 0.25) is 5.88 Å². The minimum Gasteiger partial charge on any atom is -0.445 e. The fourth-order valence-electron chi connectivity index (χ4n) is 3.00. The summed E-state index contributed by atoms with van der Waals surface area (Å²) < 4.78 is 5.66. The Balaban J connectivity index is 2.17. The average Bonchev–Trinajstić information content (AvgIpc) is 2.46. The molecule has 0 unspecified atom stereocenters. The summed E-state index contributed by atoms with van der Waals surface area (Å²) in [6.07, 6.45) is 4.03. The van der Waals surface area contributed by atoms with E-state index in [0.29, 0.717) is 10.6 Å². The lowest BCUT2D eigenvalue weighted by atomic mass is 9.78. The lowest BCUT2D eigenvalue weighted by molar-refractivity contribution is 0.251. The summed E-state index contributed by atoms with van der Waals surface area (Å²) in [4.78, 5) is 0. The molecule has 20 heavy (non-hydrogen) atoms. The van der Waals surface area contributed by atoms with E-state index in [-0.39, 0.29) is 11.8 Å². The Bertz CT molecular complexity index is 655. The maximum Gasteiger partial charge on any atom is 0.205 e. The number of rotatable bonds is 1. The van der Waals surface area contributed by atoms with Crippen molar-refractivity contribution in [3.8, 4) is 6.07 Å². The lowest BCUT2D eigenvalue weighted by Gasteiger charge is -2.32. The van der Waals surface area contributed by atoms with Crippen molar-refractivity contribution >= 4 is 11.6 Å². The zero-order chi connectivity index (χ0) is 14.1. The Labute approximate surface area is 123 Å². The van der Waals surface area contributed by atoms with E-state index in [1.54, 1.807) is 0 Å². The summed E-state index contributed by atoms with van der Waals surface area (Å²) in [6.45, 7) is 0. The van der Waals surface area contributed by atoms with Crippen LogP contribution in [0.4, 0.5) is 0 Å². The molecule has 1 aromatic rings. The molecule has 2 N–H and O–H groups in total. The molecule has 3 rings (SSSR count). The van der Waals surface area contributed by atoms with Gasteiger partial charge in [0.25, 0.3) is 0 Å². The summed E-state index contributed by atoms with van der Waals surface area (Å²) in [5.41, 5.74) is 8.50. The van der Waals surface area contributed by atoms with Crippen LogP contribution in [-0.4, -0.2) is 0 Å². The first kappa shape index (κ1) is 13.1. The Morgan fingerprint density at radius 1 is 1.25 bits per heavy atom. The fraction of sp³-hybridized carbons (Fsp3) is 0.312. The quantitative estimate of drug-likeness (QED) is 0.849. The molecule has 102 valence electrons. The van der Waals surface area contributed by atoms with Crippen molar-refractivity contribution in [1.82, 2.24) is 0 Å². The number of nitrogens with two attached hydrogens (primary N) is 1. The normalized spacial score (nSPS) is 22.1. The first-order valence-corrected chi connectivity index (χ1v) is 7.14. The maximum absolute atomic E-state index is 9.44. The van der Waals surface area contributed by atoms with Gasteiger partial charge >= 0.3 is 0 Å². The summed E-state index contributed by atoms with van der Waals surface area (Å²) >= 11 is 6.32. The fourth-order valence-corrected chi connectivity index (χ4v) is 3.24. The molecule has 4 heteroatoms. The number of hydrogen-bond acceptors (Lipinski definition) is 3. The number of nitriles is 1. The molecule has 0 aromatic heterocycles. The summed E-state index contributed by atoms with van der Waals surface area (Å²) in [5.74, 6) is 0.994. The van der Waals surface area contributed by atoms with Gasteiger partial charge in [-0.15, -0.1) is 0 Å². The van der Waals surface area contributed by atoms with Gasteiger partial charge in [-0.3, -0.25) is 0 Å². The third-order valence-electron chi connectivity index (χ3n) is 3.93. The van der Waals surface area contributed by atoms with E-state index in [2.05, 4.69) is 6.07 Å². The van der Waals surface area contributed by atoms with Gasteiger partial charge in [0.15, 0.2) is 0 Å². The number of halogens is 1. The Kier molecular flexibility index (Phi) is 3.42. The van der Waals surface area contributed by atoms with Crippen LogP contribution in [0.25, 0.3) is 0 Å². The van der Waals surface area contributed by atoms with Crippen LogP contribution in [0.1, 0.15) is 37.2 Å². The van der Waals surface area contributed by atoms with Crippen LogP contribution in [0.15, 0.2) is 47.1 Å². The van der Waals surface area contributed by atoms with Crippen LogP contribution in [0.2, 0.25) is 5.02 Å². The Morgan fingerprint density at radius 2 is 2.00 bits per heavy atom. The highest BCUT2D eigenvalue weighted by Gasteiger charge is 2.34. The van der Waals surface area contributed by atoms with E-state index < -0.39 is 0 Å². The van der Waals surface area contributed by atoms with Gasteiger partial charge in [0.05, 0.1) is 5.92 Å². The molecule has 0 saturated heterocycles. The second-order valence-corrected chi connectivity index (χ2v) is 5.51. The Hall–Kier alpha value is -1.92. The van der Waals surface area contributed by atoms with Gasteiger partial charge in [-0.05, 0) is 36.5 Å². The maximum atomic E-state index is 9.44. The first-order chi connectivity index (χ1) is 9.72. The predicted molar refractivity (Wildman–Crippen MR) is 77.6 cm³/mol. The van der Waals surface area contributed by atoms with Crippen molar-refractivity contribution in [2.24, 2.45) is 5.73 Å². The monoisotopic (exact) mass is 286 g/mol. The van der Waals surface area contributed by atoms with Crippen LogP contribution in [0.3, 0.4) is 0 Å². The molecule has 0 amide bonds. The summed E-state index contributed by atoms with van der Waals surface area (Å²) in [5, 5.41) is 10.1. The molecule has 1 atom stereocenters. The summed E-state index contributed by atoms with van der Waals surface area (Å²) in [7, 11) is 0. The second-order valence-electron chi connectivity index (χ2n) is 5.10. The van der Waals surface area contributed by atoms with Gasteiger partial charge in [0.1, 0.15) is 17.4 Å². The zero-order valence-electron chi connectivity index (χ0n) is 11.0. The van der Waals surface area contributed by atoms with E-state index in [1.807, 2.05) is 24.3 Å². The smallest absolute Gasteiger partial charge is 0.205 e. The molecule has 1 aliphatic heterocycles. The van der Waals surface area contributed by atoms with Gasteiger partial charge in [0, 0.05) is 11.4 Å². The SMILES string of the molecule is N#CC1=C(N)OC2=C(CCCC2)[C@@H]1c1ccccc1Cl. The topological polar surface area (TPSA) is 59.0 Å². The molecule has 0 bridgehead atoms. The van der Waals surface area contributed by atoms with Gasteiger partial charge in [-0.2, -0.15) is 5.26 Å². The highest BCUT2D eigenvalue weighted by Crippen LogP contribution is 2.46. The predicted octanol–water partition coefficient (Wildman–Crippen LogP) is 3.98. The molecule has 0 radical (unpaired) electrons. The molecule has 0 fully saturated rings. The molecule has 0 saturated carbocycles. The van der Waals surface area contributed by atoms with Crippen molar-refractivity contribution in [1.29, 1.82) is 5.26 Å². The number of hydrogen-bond donors (Lipinski definition) is 1. The van der Waals surface area contributed by atoms with Crippen molar-refractivity contribution in [2.45, 2.75) is 31.6 Å². The first-order valence-electron chi connectivity index (χ1n) is 6.76. The van der Waals surface area contributed by atoms with Gasteiger partial charge < -0.3 is 10.5 Å². The van der Waals surface area contributed by atoms with Gasteiger partial charge in [-0.1, -0.05) is 29.8 Å². The minimum absolute atomic E-state index is 0.155. The molecule has 1 aromatic carbocycles. The molecule has 1 aliphatic carbocycles. The Morgan fingerprint density at radius 3 is 2.75 bits per heavy atom. The summed E-state index contributed by atoms with van der Waals surface area (Å²) in [6, 6.07) is 9.83. The van der Waals surface area contributed by atoms with E-state index >= 15 is 0 Å². The highest BCUT2D eigenvalue weighted by molar-refractivity contribution is 6.31. The van der Waals surface area contributed by atoms with Crippen molar-refractivity contribution in [3.05, 3.63) is 57.6 Å². The molecule has 1 heterocycles. The molecular formula is C16H15ClN2O. The van der Waals surface area contributed by atoms with Crippen LogP contribution >= 0.6 is 11.6 Å². The molecular weight excluding hydrogens is 272 g/mol. The second kappa shape index (κ2) is 5.22. The average molecular weight is 287 g/mol. The molecule has 0 spiro atoms. The van der Waals surface area contributed by atoms with Crippen LogP contribution < -0.4 is 5.73 Å². The number of allylic oxidation sites excluding steroid dienone is 3.